The van der Waals surface area contributed by atoms with E-state index < -0.39 is 30.1 Å². The molecule has 1 aliphatic carbocycles. The molecule has 0 spiro atoms. The highest BCUT2D eigenvalue weighted by molar-refractivity contribution is 5.80. The third-order valence-corrected chi connectivity index (χ3v) is 8.75. The molecule has 6 rings (SSSR count). The summed E-state index contributed by atoms with van der Waals surface area (Å²) in [5.74, 6) is -1.78. The Morgan fingerprint density at radius 2 is 1.11 bits per heavy atom. The number of rotatable bonds is 12. The molecule has 0 fully saturated rings. The summed E-state index contributed by atoms with van der Waals surface area (Å²) in [5.41, 5.74) is 5.96. The van der Waals surface area contributed by atoms with Crippen LogP contribution in [0.15, 0.2) is 140 Å². The number of hydrogen-bond donors (Lipinski definition) is 2. The molecular formula is C40H35N2O5-. The Balaban J connectivity index is 1.16. The molecule has 0 aliphatic heterocycles. The van der Waals surface area contributed by atoms with Crippen LogP contribution in [0.2, 0.25) is 0 Å². The SMILES string of the molecule is O=C([O-])C[C@H](CCC(=O)NC(c1ccccc1)(c1ccccc1)c1ccccc1)NC(=O)OCC1c2ccccc2-c2ccccc21. The molecule has 0 saturated heterocycles. The minimum absolute atomic E-state index is 0.0458. The van der Waals surface area contributed by atoms with Crippen molar-refractivity contribution in [2.75, 3.05) is 6.61 Å². The molecule has 1 atom stereocenters. The van der Waals surface area contributed by atoms with E-state index in [-0.39, 0.29) is 31.3 Å². The molecule has 0 heterocycles. The topological polar surface area (TPSA) is 108 Å². The smallest absolute Gasteiger partial charge is 0.407 e. The number of carboxylic acids is 1. The molecule has 5 aromatic rings. The second-order valence-electron chi connectivity index (χ2n) is 11.7. The number of hydrogen-bond acceptors (Lipinski definition) is 5. The van der Waals surface area contributed by atoms with Crippen LogP contribution in [0.1, 0.15) is 53.0 Å². The fraction of sp³-hybridized carbons (Fsp3) is 0.175. The molecular weight excluding hydrogens is 588 g/mol. The van der Waals surface area contributed by atoms with Crippen molar-refractivity contribution in [3.63, 3.8) is 0 Å². The normalized spacial score (nSPS) is 12.8. The molecule has 47 heavy (non-hydrogen) atoms. The Morgan fingerprint density at radius 3 is 1.57 bits per heavy atom. The number of benzene rings is 5. The summed E-state index contributed by atoms with van der Waals surface area (Å²) < 4.78 is 5.65. The molecule has 0 radical (unpaired) electrons. The Labute approximate surface area is 274 Å². The van der Waals surface area contributed by atoms with Crippen LogP contribution < -0.4 is 15.7 Å². The average molecular weight is 624 g/mol. The fourth-order valence-corrected chi connectivity index (χ4v) is 6.59. The lowest BCUT2D eigenvalue weighted by atomic mass is 9.77. The first-order valence-electron chi connectivity index (χ1n) is 15.7. The second kappa shape index (κ2) is 14.2. The summed E-state index contributed by atoms with van der Waals surface area (Å²) in [6.07, 6.45) is -1.18. The number of carbonyl (C=O) groups is 3. The zero-order chi connectivity index (χ0) is 32.6. The van der Waals surface area contributed by atoms with Gasteiger partial charge in [0.05, 0.1) is 0 Å². The quantitative estimate of drug-likeness (QED) is 0.168. The van der Waals surface area contributed by atoms with E-state index in [4.69, 9.17) is 4.74 Å². The van der Waals surface area contributed by atoms with Gasteiger partial charge >= 0.3 is 6.09 Å². The Kier molecular flexibility index (Phi) is 9.43. The number of aliphatic carboxylic acids is 1. The van der Waals surface area contributed by atoms with E-state index >= 15 is 0 Å². The van der Waals surface area contributed by atoms with Crippen molar-refractivity contribution in [1.82, 2.24) is 10.6 Å². The zero-order valence-corrected chi connectivity index (χ0v) is 25.8. The van der Waals surface area contributed by atoms with E-state index in [1.807, 2.05) is 127 Å². The first-order chi connectivity index (χ1) is 23.0. The molecule has 236 valence electrons. The maximum atomic E-state index is 13.8. The van der Waals surface area contributed by atoms with E-state index in [1.165, 1.54) is 0 Å². The van der Waals surface area contributed by atoms with Gasteiger partial charge in [-0.2, -0.15) is 0 Å². The van der Waals surface area contributed by atoms with Crippen molar-refractivity contribution in [3.8, 4) is 11.1 Å². The van der Waals surface area contributed by atoms with E-state index in [0.717, 1.165) is 38.9 Å². The van der Waals surface area contributed by atoms with Gasteiger partial charge in [0, 0.05) is 30.8 Å². The first kappa shape index (κ1) is 31.3. The minimum atomic E-state index is -1.33. The third kappa shape index (κ3) is 6.79. The predicted octanol–water partition coefficient (Wildman–Crippen LogP) is 5.92. The van der Waals surface area contributed by atoms with Crippen LogP contribution in [0, 0.1) is 0 Å². The minimum Gasteiger partial charge on any atom is -0.550 e. The molecule has 2 N–H and O–H groups in total. The standard InChI is InChI=1S/C40H36N2O5/c43-37(42-40(28-14-4-1-5-15-28,29-16-6-2-7-17-29)30-18-8-3-9-19-30)25-24-31(26-38(44)45)41-39(46)47-27-36-34-22-12-10-20-32(34)33-21-11-13-23-35(33)36/h1-23,31,36H,24-27H2,(H,41,46)(H,42,43)(H,44,45)/p-1/t31-/m0/s1. The molecule has 1 aliphatic rings. The highest BCUT2D eigenvalue weighted by Gasteiger charge is 2.38. The lowest BCUT2D eigenvalue weighted by Gasteiger charge is -2.37. The summed E-state index contributed by atoms with van der Waals surface area (Å²) in [5, 5.41) is 17.6. The number of alkyl carbamates (subject to hydrolysis) is 1. The molecule has 0 aromatic heterocycles. The number of amides is 2. The van der Waals surface area contributed by atoms with E-state index in [2.05, 4.69) is 22.8 Å². The Morgan fingerprint density at radius 1 is 0.660 bits per heavy atom. The van der Waals surface area contributed by atoms with Crippen LogP contribution in [-0.2, 0) is 19.9 Å². The molecule has 2 amide bonds. The van der Waals surface area contributed by atoms with Crippen LogP contribution in [0.25, 0.3) is 11.1 Å². The van der Waals surface area contributed by atoms with Crippen molar-refractivity contribution in [1.29, 1.82) is 0 Å². The molecule has 0 unspecified atom stereocenters. The Bertz CT molecular complexity index is 1700. The van der Waals surface area contributed by atoms with Gasteiger partial charge in [0.2, 0.25) is 5.91 Å². The zero-order valence-electron chi connectivity index (χ0n) is 25.8. The lowest BCUT2D eigenvalue weighted by molar-refractivity contribution is -0.306. The van der Waals surface area contributed by atoms with Crippen molar-refractivity contribution >= 4 is 18.0 Å². The van der Waals surface area contributed by atoms with Gasteiger partial charge in [-0.05, 0) is 45.4 Å². The first-order valence-corrected chi connectivity index (χ1v) is 15.7. The van der Waals surface area contributed by atoms with Crippen molar-refractivity contribution in [2.45, 2.75) is 36.8 Å². The predicted molar refractivity (Wildman–Crippen MR) is 178 cm³/mol. The van der Waals surface area contributed by atoms with Gasteiger partial charge in [0.1, 0.15) is 12.1 Å². The monoisotopic (exact) mass is 623 g/mol. The largest absolute Gasteiger partial charge is 0.550 e. The van der Waals surface area contributed by atoms with Gasteiger partial charge in [-0.1, -0.05) is 140 Å². The third-order valence-electron chi connectivity index (χ3n) is 8.75. The van der Waals surface area contributed by atoms with Gasteiger partial charge in [0.15, 0.2) is 0 Å². The average Bonchev–Trinajstić information content (AvgIpc) is 3.43. The van der Waals surface area contributed by atoms with Crippen molar-refractivity contribution < 1.29 is 24.2 Å². The lowest BCUT2D eigenvalue weighted by Crippen LogP contribution is -2.48. The summed E-state index contributed by atoms with van der Waals surface area (Å²) in [4.78, 5) is 38.4. The second-order valence-corrected chi connectivity index (χ2v) is 11.7. The van der Waals surface area contributed by atoms with Gasteiger partial charge in [-0.3, -0.25) is 4.79 Å². The van der Waals surface area contributed by atoms with Crippen molar-refractivity contribution in [2.24, 2.45) is 0 Å². The van der Waals surface area contributed by atoms with Gasteiger partial charge in [0.25, 0.3) is 0 Å². The summed E-state index contributed by atoms with van der Waals surface area (Å²) in [6, 6.07) is 44.3. The number of nitrogens with one attached hydrogen (secondary N) is 2. The van der Waals surface area contributed by atoms with E-state index in [0.29, 0.717) is 0 Å². The van der Waals surface area contributed by atoms with Crippen LogP contribution in [0.5, 0.6) is 0 Å². The van der Waals surface area contributed by atoms with Crippen LogP contribution in [0.3, 0.4) is 0 Å². The van der Waals surface area contributed by atoms with Crippen molar-refractivity contribution in [3.05, 3.63) is 167 Å². The summed E-state index contributed by atoms with van der Waals surface area (Å²) in [7, 11) is 0. The van der Waals surface area contributed by atoms with Gasteiger partial charge in [-0.15, -0.1) is 0 Å². The maximum Gasteiger partial charge on any atom is 0.407 e. The number of carbonyl (C=O) groups excluding carboxylic acids is 3. The number of ether oxygens (including phenoxy) is 1. The highest BCUT2D eigenvalue weighted by Crippen LogP contribution is 2.44. The summed E-state index contributed by atoms with van der Waals surface area (Å²) in [6.45, 7) is 0.0894. The molecule has 7 nitrogen and oxygen atoms in total. The molecule has 5 aromatic carbocycles. The molecule has 7 heteroatoms. The van der Waals surface area contributed by atoms with Gasteiger partial charge < -0.3 is 25.3 Å². The highest BCUT2D eigenvalue weighted by atomic mass is 16.5. The molecule has 0 saturated carbocycles. The Hall–Kier alpha value is -5.69. The van der Waals surface area contributed by atoms with E-state index in [9.17, 15) is 19.5 Å². The summed E-state index contributed by atoms with van der Waals surface area (Å²) >= 11 is 0. The molecule has 0 bridgehead atoms. The van der Waals surface area contributed by atoms with Crippen LogP contribution >= 0.6 is 0 Å². The fourth-order valence-electron chi connectivity index (χ4n) is 6.59. The maximum absolute atomic E-state index is 13.8. The number of carboxylic acid groups (broad SMARTS) is 1. The number of fused-ring (bicyclic) bond motifs is 3. The van der Waals surface area contributed by atoms with Crippen LogP contribution in [-0.4, -0.2) is 30.6 Å². The van der Waals surface area contributed by atoms with Gasteiger partial charge in [-0.25, -0.2) is 4.79 Å². The van der Waals surface area contributed by atoms with E-state index in [1.54, 1.807) is 0 Å². The van der Waals surface area contributed by atoms with Crippen LogP contribution in [0.4, 0.5) is 4.79 Å².